The van der Waals surface area contributed by atoms with Crippen LogP contribution >= 0.6 is 0 Å². The monoisotopic (exact) mass is 234 g/mol. The molecule has 0 spiro atoms. The van der Waals surface area contributed by atoms with E-state index in [9.17, 15) is 9.59 Å². The van der Waals surface area contributed by atoms with Crippen LogP contribution in [0.1, 0.15) is 6.42 Å². The maximum atomic E-state index is 11.7. The van der Waals surface area contributed by atoms with Gasteiger partial charge in [0.2, 0.25) is 6.41 Å². The Bertz CT molecular complexity index is 585. The molecule has 1 aromatic heterocycles. The molecule has 2 aromatic rings. The van der Waals surface area contributed by atoms with Crippen molar-refractivity contribution < 1.29 is 4.79 Å². The van der Waals surface area contributed by atoms with E-state index >= 15 is 0 Å². The molecule has 17 heavy (non-hydrogen) atoms. The molecular weight excluding hydrogens is 220 g/mol. The Morgan fingerprint density at radius 3 is 3.06 bits per heavy atom. The van der Waals surface area contributed by atoms with E-state index in [1.807, 2.05) is 6.07 Å². The van der Waals surface area contributed by atoms with Gasteiger partial charge in [0.15, 0.2) is 0 Å². The van der Waals surface area contributed by atoms with Gasteiger partial charge in [-0.2, -0.15) is 0 Å². The number of aromatic amines is 1. The Labute approximate surface area is 97.4 Å². The number of fused-ring (bicyclic) bond motifs is 1. The van der Waals surface area contributed by atoms with Crippen molar-refractivity contribution in [3.05, 3.63) is 28.7 Å². The number of hydrogen-bond donors (Lipinski definition) is 3. The largest absolute Gasteiger partial charge is 0.399 e. The summed E-state index contributed by atoms with van der Waals surface area (Å²) in [5, 5.41) is 2.56. The van der Waals surface area contributed by atoms with Crippen LogP contribution in [-0.4, -0.2) is 22.5 Å². The quantitative estimate of drug-likeness (QED) is 0.387. The van der Waals surface area contributed by atoms with E-state index in [0.29, 0.717) is 31.6 Å². The predicted molar refractivity (Wildman–Crippen MR) is 65.7 cm³/mol. The second-order valence-electron chi connectivity index (χ2n) is 3.78. The average molecular weight is 234 g/mol. The molecule has 1 amide bonds. The number of aryl methyl sites for hydroxylation is 1. The summed E-state index contributed by atoms with van der Waals surface area (Å²) in [5.41, 5.74) is 7.67. The first-order chi connectivity index (χ1) is 8.22. The number of imidazole rings is 1. The molecule has 6 nitrogen and oxygen atoms in total. The van der Waals surface area contributed by atoms with E-state index in [1.165, 1.54) is 0 Å². The minimum absolute atomic E-state index is 0.156. The zero-order valence-corrected chi connectivity index (χ0v) is 9.27. The summed E-state index contributed by atoms with van der Waals surface area (Å²) in [4.78, 5) is 24.5. The number of nitrogens with zero attached hydrogens (tertiary/aromatic N) is 1. The lowest BCUT2D eigenvalue weighted by molar-refractivity contribution is -0.109. The van der Waals surface area contributed by atoms with E-state index in [-0.39, 0.29) is 5.69 Å². The molecule has 0 radical (unpaired) electrons. The number of nitrogens with one attached hydrogen (secondary N) is 2. The molecule has 0 fully saturated rings. The fourth-order valence-electron chi connectivity index (χ4n) is 1.80. The first-order valence-electron chi connectivity index (χ1n) is 5.37. The molecule has 0 aliphatic rings. The number of aromatic nitrogens is 2. The van der Waals surface area contributed by atoms with E-state index in [0.717, 1.165) is 11.0 Å². The third kappa shape index (κ3) is 2.30. The van der Waals surface area contributed by atoms with Crippen molar-refractivity contribution in [2.45, 2.75) is 13.0 Å². The summed E-state index contributed by atoms with van der Waals surface area (Å²) >= 11 is 0. The van der Waals surface area contributed by atoms with Gasteiger partial charge in [-0.25, -0.2) is 4.79 Å². The average Bonchev–Trinajstić information content (AvgIpc) is 2.60. The highest BCUT2D eigenvalue weighted by Gasteiger charge is 2.05. The molecule has 0 atom stereocenters. The summed E-state index contributed by atoms with van der Waals surface area (Å²) in [6.45, 7) is 1.11. The van der Waals surface area contributed by atoms with Crippen LogP contribution in [0.2, 0.25) is 0 Å². The topological polar surface area (TPSA) is 92.9 Å². The van der Waals surface area contributed by atoms with E-state index < -0.39 is 0 Å². The number of nitrogens with two attached hydrogens (primary N) is 1. The second kappa shape index (κ2) is 4.73. The van der Waals surface area contributed by atoms with Crippen molar-refractivity contribution in [2.75, 3.05) is 12.3 Å². The summed E-state index contributed by atoms with van der Waals surface area (Å²) in [6, 6.07) is 5.31. The molecule has 2 rings (SSSR count). The van der Waals surface area contributed by atoms with Crippen LogP contribution in [0.15, 0.2) is 23.0 Å². The SMILES string of the molecule is Nc1ccc2c(c1)[nH]c(=O)n2CCCNC=O. The smallest absolute Gasteiger partial charge is 0.326 e. The lowest BCUT2D eigenvalue weighted by Crippen LogP contribution is -2.20. The van der Waals surface area contributed by atoms with E-state index in [1.54, 1.807) is 16.7 Å². The normalized spacial score (nSPS) is 10.6. The van der Waals surface area contributed by atoms with E-state index in [2.05, 4.69) is 10.3 Å². The second-order valence-corrected chi connectivity index (χ2v) is 3.78. The highest BCUT2D eigenvalue weighted by molar-refractivity contribution is 5.78. The van der Waals surface area contributed by atoms with Crippen molar-refractivity contribution in [1.29, 1.82) is 0 Å². The van der Waals surface area contributed by atoms with Gasteiger partial charge < -0.3 is 16.0 Å². The predicted octanol–water partition coefficient (Wildman–Crippen LogP) is 0.0479. The van der Waals surface area contributed by atoms with Gasteiger partial charge in [0.1, 0.15) is 0 Å². The van der Waals surface area contributed by atoms with Crippen LogP contribution in [0.3, 0.4) is 0 Å². The Morgan fingerprint density at radius 1 is 1.47 bits per heavy atom. The molecule has 90 valence electrons. The molecular formula is C11H14N4O2. The van der Waals surface area contributed by atoms with Gasteiger partial charge in [-0.1, -0.05) is 0 Å². The Morgan fingerprint density at radius 2 is 2.29 bits per heavy atom. The van der Waals surface area contributed by atoms with Crippen molar-refractivity contribution >= 4 is 23.1 Å². The van der Waals surface area contributed by atoms with Crippen molar-refractivity contribution in [2.24, 2.45) is 0 Å². The molecule has 4 N–H and O–H groups in total. The summed E-state index contributed by atoms with van der Waals surface area (Å²) in [5.74, 6) is 0. The van der Waals surface area contributed by atoms with Crippen LogP contribution in [0.25, 0.3) is 11.0 Å². The van der Waals surface area contributed by atoms with Gasteiger partial charge >= 0.3 is 5.69 Å². The highest BCUT2D eigenvalue weighted by atomic mass is 16.1. The van der Waals surface area contributed by atoms with Gasteiger partial charge in [0, 0.05) is 18.8 Å². The van der Waals surface area contributed by atoms with Crippen LogP contribution in [0, 0.1) is 0 Å². The standard InChI is InChI=1S/C11H14N4O2/c12-8-2-3-10-9(6-8)14-11(17)15(10)5-1-4-13-7-16/h2-3,6-7H,1,4-5,12H2,(H,13,16)(H,14,17). The van der Waals surface area contributed by atoms with Gasteiger partial charge in [-0.15, -0.1) is 0 Å². The molecule has 0 aliphatic carbocycles. The summed E-state index contributed by atoms with van der Waals surface area (Å²) in [7, 11) is 0. The molecule has 1 heterocycles. The molecule has 6 heteroatoms. The lowest BCUT2D eigenvalue weighted by Gasteiger charge is -2.03. The van der Waals surface area contributed by atoms with Gasteiger partial charge in [-0.3, -0.25) is 9.36 Å². The zero-order valence-electron chi connectivity index (χ0n) is 9.27. The minimum atomic E-state index is -0.156. The van der Waals surface area contributed by atoms with Crippen molar-refractivity contribution in [3.8, 4) is 0 Å². The molecule has 0 aliphatic heterocycles. The lowest BCUT2D eigenvalue weighted by atomic mass is 10.3. The number of anilines is 1. The Hall–Kier alpha value is -2.24. The van der Waals surface area contributed by atoms with Gasteiger partial charge in [0.25, 0.3) is 0 Å². The minimum Gasteiger partial charge on any atom is -0.399 e. The molecule has 0 saturated heterocycles. The summed E-state index contributed by atoms with van der Waals surface area (Å²) < 4.78 is 1.64. The maximum absolute atomic E-state index is 11.7. The number of benzene rings is 1. The van der Waals surface area contributed by atoms with Crippen LogP contribution < -0.4 is 16.7 Å². The Balaban J connectivity index is 2.24. The zero-order chi connectivity index (χ0) is 12.3. The van der Waals surface area contributed by atoms with Gasteiger partial charge in [0.05, 0.1) is 11.0 Å². The molecule has 1 aromatic carbocycles. The summed E-state index contributed by atoms with van der Waals surface area (Å²) in [6.07, 6.45) is 1.36. The number of nitrogen functional groups attached to an aromatic ring is 1. The molecule has 0 saturated carbocycles. The van der Waals surface area contributed by atoms with Crippen molar-refractivity contribution in [1.82, 2.24) is 14.9 Å². The fourth-order valence-corrected chi connectivity index (χ4v) is 1.80. The number of rotatable bonds is 5. The molecule has 0 bridgehead atoms. The van der Waals surface area contributed by atoms with Crippen LogP contribution in [-0.2, 0) is 11.3 Å². The maximum Gasteiger partial charge on any atom is 0.326 e. The molecule has 0 unspecified atom stereocenters. The number of hydrogen-bond acceptors (Lipinski definition) is 3. The van der Waals surface area contributed by atoms with Gasteiger partial charge in [-0.05, 0) is 24.6 Å². The number of amides is 1. The van der Waals surface area contributed by atoms with Crippen LogP contribution in [0.5, 0.6) is 0 Å². The third-order valence-electron chi connectivity index (χ3n) is 2.58. The number of carbonyl (C=O) groups is 1. The van der Waals surface area contributed by atoms with E-state index in [4.69, 9.17) is 5.73 Å². The highest BCUT2D eigenvalue weighted by Crippen LogP contribution is 2.13. The fraction of sp³-hybridized carbons (Fsp3) is 0.273. The van der Waals surface area contributed by atoms with Crippen LogP contribution in [0.4, 0.5) is 5.69 Å². The number of carbonyl (C=O) groups excluding carboxylic acids is 1. The third-order valence-corrected chi connectivity index (χ3v) is 2.58. The first-order valence-corrected chi connectivity index (χ1v) is 5.37. The Kier molecular flexibility index (Phi) is 3.13. The first kappa shape index (κ1) is 11.3. The number of H-pyrrole nitrogens is 1. The van der Waals surface area contributed by atoms with Crippen molar-refractivity contribution in [3.63, 3.8) is 0 Å².